The predicted molar refractivity (Wildman–Crippen MR) is 22.1 cm³/mol. The van der Waals surface area contributed by atoms with Gasteiger partial charge in [0.25, 0.3) is 0 Å². The molecule has 0 saturated heterocycles. The molecule has 0 bridgehead atoms. The molecule has 0 fully saturated rings. The van der Waals surface area contributed by atoms with Crippen molar-refractivity contribution >= 4 is 0 Å². The largest absolute Gasteiger partial charge is 1.00 e. The first-order valence-corrected chi connectivity index (χ1v) is 1.41. The maximum Gasteiger partial charge on any atom is 1.00 e. The van der Waals surface area contributed by atoms with Gasteiger partial charge in [-0.05, 0) is 0 Å². The smallest absolute Gasteiger partial charge is 0.346 e. The molecule has 31 valence electrons. The Labute approximate surface area is 109 Å². The first-order valence-electron chi connectivity index (χ1n) is 1.41. The van der Waals surface area contributed by atoms with E-state index in [1.54, 1.807) is 13.8 Å². The molecule has 0 saturated carbocycles. The molecule has 0 aliphatic heterocycles. The normalized spacial score (nSPS) is 2.00. The van der Waals surface area contributed by atoms with Crippen LogP contribution in [0.2, 0.25) is 0 Å². The molecule has 6 heavy (non-hydrogen) atoms. The van der Waals surface area contributed by atoms with Gasteiger partial charge in [-0.2, -0.15) is 13.8 Å². The minimum absolute atomic E-state index is 0. The van der Waals surface area contributed by atoms with Crippen molar-refractivity contribution in [1.29, 1.82) is 0 Å². The van der Waals surface area contributed by atoms with Gasteiger partial charge >= 0.3 is 51.4 Å². The average Bonchev–Trinajstić information content (AvgIpc) is 1.50. The first kappa shape index (κ1) is 23.3. The minimum atomic E-state index is 0. The van der Waals surface area contributed by atoms with E-state index in [0.717, 1.165) is 0 Å². The van der Waals surface area contributed by atoms with Crippen LogP contribution in [0.3, 0.4) is 0 Å². The van der Waals surface area contributed by atoms with E-state index in [9.17, 15) is 0 Å². The summed E-state index contributed by atoms with van der Waals surface area (Å²) in [6.45, 7) is 10.0. The molecule has 0 nitrogen and oxygen atoms in total. The molecule has 0 spiro atoms. The van der Waals surface area contributed by atoms with Gasteiger partial charge in [0.05, 0.1) is 0 Å². The molecule has 0 aromatic heterocycles. The van der Waals surface area contributed by atoms with Crippen molar-refractivity contribution < 1.29 is 84.1 Å². The van der Waals surface area contributed by atoms with Crippen LogP contribution in [0.4, 0.5) is 0 Å². The molecular weight excluding hydrogens is 176 g/mol. The third kappa shape index (κ3) is 29.6. The molecular formula is C4H10KY-. The molecule has 0 amide bonds. The molecule has 0 aliphatic carbocycles. The Morgan fingerprint density at radius 1 is 0.833 bits per heavy atom. The van der Waals surface area contributed by atoms with Crippen molar-refractivity contribution in [2.24, 2.45) is 0 Å². The van der Waals surface area contributed by atoms with Gasteiger partial charge < -0.3 is 13.8 Å². The van der Waals surface area contributed by atoms with Crippen LogP contribution in [0.25, 0.3) is 0 Å². The van der Waals surface area contributed by atoms with Gasteiger partial charge in [-0.25, -0.2) is 0 Å². The molecule has 0 aromatic carbocycles. The summed E-state index contributed by atoms with van der Waals surface area (Å²) in [5.41, 5.74) is 0. The van der Waals surface area contributed by atoms with Gasteiger partial charge in [-0.3, -0.25) is 0 Å². The van der Waals surface area contributed by atoms with Crippen LogP contribution in [0.5, 0.6) is 0 Å². The van der Waals surface area contributed by atoms with Crippen LogP contribution >= 0.6 is 0 Å². The summed E-state index contributed by atoms with van der Waals surface area (Å²) in [6, 6.07) is 0. The van der Waals surface area contributed by atoms with Crippen LogP contribution in [-0.4, -0.2) is 0 Å². The van der Waals surface area contributed by atoms with Gasteiger partial charge in [-0.1, -0.05) is 0 Å². The van der Waals surface area contributed by atoms with E-state index in [1.165, 1.54) is 0 Å². The molecule has 0 aliphatic rings. The first-order chi connectivity index (χ1) is 2.00. The quantitative estimate of drug-likeness (QED) is 0.325. The Kier molecular flexibility index (Phi) is 182. The molecule has 0 unspecified atom stereocenters. The van der Waals surface area contributed by atoms with Crippen LogP contribution < -0.4 is 51.4 Å². The summed E-state index contributed by atoms with van der Waals surface area (Å²) in [6.07, 6.45) is 0. The summed E-state index contributed by atoms with van der Waals surface area (Å²) in [7, 11) is 0. The van der Waals surface area contributed by atoms with Gasteiger partial charge in [0.15, 0.2) is 0 Å². The summed E-state index contributed by atoms with van der Waals surface area (Å²) in [5, 5.41) is 0. The van der Waals surface area contributed by atoms with Crippen LogP contribution in [-0.2, 0) is 32.7 Å². The van der Waals surface area contributed by atoms with E-state index in [4.69, 9.17) is 0 Å². The van der Waals surface area contributed by atoms with E-state index in [1.807, 2.05) is 0 Å². The maximum atomic E-state index is 3.25. The monoisotopic (exact) mass is 186 g/mol. The number of hydrogen-bond acceptors (Lipinski definition) is 0. The van der Waals surface area contributed by atoms with Crippen molar-refractivity contribution in [3.8, 4) is 0 Å². The van der Waals surface area contributed by atoms with Crippen LogP contribution in [0, 0.1) is 13.8 Å². The molecule has 0 rings (SSSR count). The molecule has 2 heteroatoms. The standard InChI is InChI=1S/2C2H5.K.Y/c2*1-2;;/h2*1H2,2H3;;/q2*-1;+1;. The van der Waals surface area contributed by atoms with Crippen molar-refractivity contribution in [2.75, 3.05) is 0 Å². The van der Waals surface area contributed by atoms with E-state index in [2.05, 4.69) is 13.8 Å². The van der Waals surface area contributed by atoms with Crippen molar-refractivity contribution in [2.45, 2.75) is 13.8 Å². The van der Waals surface area contributed by atoms with Gasteiger partial charge in [-0.15, -0.1) is 0 Å². The fourth-order valence-electron chi connectivity index (χ4n) is 0. The zero-order chi connectivity index (χ0) is 4.00. The van der Waals surface area contributed by atoms with Gasteiger partial charge in [0, 0.05) is 32.7 Å². The summed E-state index contributed by atoms with van der Waals surface area (Å²) in [5.74, 6) is 0. The third-order valence-corrected chi connectivity index (χ3v) is 0. The molecule has 0 atom stereocenters. The van der Waals surface area contributed by atoms with E-state index in [0.29, 0.717) is 0 Å². The van der Waals surface area contributed by atoms with Crippen molar-refractivity contribution in [1.82, 2.24) is 0 Å². The number of hydrogen-bond donors (Lipinski definition) is 0. The Bertz CT molecular complexity index is 7.51. The second kappa shape index (κ2) is 46.8. The SMILES string of the molecule is [CH2-]C.[CH2-]C.[K+].[Y]. The molecule has 0 heterocycles. The van der Waals surface area contributed by atoms with E-state index in [-0.39, 0.29) is 84.1 Å². The molecule has 0 aromatic rings. The fourth-order valence-corrected chi connectivity index (χ4v) is 0. The van der Waals surface area contributed by atoms with Gasteiger partial charge in [0.1, 0.15) is 0 Å². The Morgan fingerprint density at radius 3 is 0.833 bits per heavy atom. The molecule has 1 radical (unpaired) electrons. The summed E-state index contributed by atoms with van der Waals surface area (Å²) < 4.78 is 0. The Hall–Kier alpha value is 2.74. The van der Waals surface area contributed by atoms with Crippen molar-refractivity contribution in [3.63, 3.8) is 0 Å². The van der Waals surface area contributed by atoms with Crippen LogP contribution in [0.15, 0.2) is 0 Å². The topological polar surface area (TPSA) is 0 Å². The molecule has 0 N–H and O–H groups in total. The zero-order valence-corrected chi connectivity index (χ0v) is 11.0. The maximum absolute atomic E-state index is 3.25. The van der Waals surface area contributed by atoms with E-state index >= 15 is 0 Å². The van der Waals surface area contributed by atoms with Gasteiger partial charge in [0.2, 0.25) is 0 Å². The summed E-state index contributed by atoms with van der Waals surface area (Å²) in [4.78, 5) is 0. The average molecular weight is 186 g/mol. The predicted octanol–water partition coefficient (Wildman–Crippen LogP) is -1.32. The van der Waals surface area contributed by atoms with E-state index < -0.39 is 0 Å². The second-order valence-electron chi connectivity index (χ2n) is 0. The zero-order valence-electron chi connectivity index (χ0n) is 4.99. The Morgan fingerprint density at radius 2 is 0.833 bits per heavy atom. The minimum Gasteiger partial charge on any atom is -0.346 e. The second-order valence-corrected chi connectivity index (χ2v) is 0. The van der Waals surface area contributed by atoms with Crippen molar-refractivity contribution in [3.05, 3.63) is 13.8 Å². The Balaban J connectivity index is -0.00000000500. The van der Waals surface area contributed by atoms with Crippen LogP contribution in [0.1, 0.15) is 13.8 Å². The third-order valence-electron chi connectivity index (χ3n) is 0. The summed E-state index contributed by atoms with van der Waals surface area (Å²) >= 11 is 0. The fraction of sp³-hybridized carbons (Fsp3) is 0.500. The number of rotatable bonds is 0.